The van der Waals surface area contributed by atoms with Gasteiger partial charge in [-0.1, -0.05) is 13.0 Å². The number of carbonyl (C=O) groups is 1. The van der Waals surface area contributed by atoms with Gasteiger partial charge in [-0.3, -0.25) is 0 Å². The summed E-state index contributed by atoms with van der Waals surface area (Å²) in [5.74, 6) is 0.307. The molecule has 3 unspecified atom stereocenters. The van der Waals surface area contributed by atoms with E-state index in [2.05, 4.69) is 6.58 Å². The van der Waals surface area contributed by atoms with Crippen molar-refractivity contribution in [2.24, 2.45) is 5.92 Å². The molecule has 2 rings (SSSR count). The summed E-state index contributed by atoms with van der Waals surface area (Å²) in [6.45, 7) is 5.80. The normalized spacial score (nSPS) is 34.6. The predicted molar refractivity (Wildman–Crippen MR) is 56.4 cm³/mol. The molecule has 1 saturated heterocycles. The first kappa shape index (κ1) is 10.7. The van der Waals surface area contributed by atoms with Crippen molar-refractivity contribution < 1.29 is 14.3 Å². The Labute approximate surface area is 90.4 Å². The van der Waals surface area contributed by atoms with Gasteiger partial charge in [-0.15, -0.1) is 0 Å². The maximum atomic E-state index is 11.3. The molecule has 3 heteroatoms. The molecule has 1 heterocycles. The Bertz CT molecular complexity index is 272. The van der Waals surface area contributed by atoms with E-state index in [-0.39, 0.29) is 12.1 Å². The minimum absolute atomic E-state index is 0.0615. The molecule has 15 heavy (non-hydrogen) atoms. The highest BCUT2D eigenvalue weighted by Gasteiger charge is 2.36. The number of esters is 1. The molecule has 0 aromatic heterocycles. The second kappa shape index (κ2) is 4.35. The van der Waals surface area contributed by atoms with E-state index in [0.717, 1.165) is 6.42 Å². The van der Waals surface area contributed by atoms with Gasteiger partial charge in [0.15, 0.2) is 0 Å². The zero-order valence-corrected chi connectivity index (χ0v) is 9.20. The van der Waals surface area contributed by atoms with E-state index in [9.17, 15) is 4.79 Å². The fraction of sp³-hybridized carbons (Fsp3) is 0.750. The molecule has 0 bridgehead atoms. The van der Waals surface area contributed by atoms with Gasteiger partial charge in [-0.05, 0) is 32.1 Å². The highest BCUT2D eigenvalue weighted by Crippen LogP contribution is 2.35. The average molecular weight is 210 g/mol. The second-order valence-electron chi connectivity index (χ2n) is 4.61. The van der Waals surface area contributed by atoms with E-state index < -0.39 is 0 Å². The Morgan fingerprint density at radius 1 is 1.47 bits per heavy atom. The second-order valence-corrected chi connectivity index (χ2v) is 4.61. The summed E-state index contributed by atoms with van der Waals surface area (Å²) in [5.41, 5.74) is 0.462. The van der Waals surface area contributed by atoms with Crippen molar-refractivity contribution in [3.05, 3.63) is 12.2 Å². The summed E-state index contributed by atoms with van der Waals surface area (Å²) in [7, 11) is 0. The number of hydrogen-bond donors (Lipinski definition) is 0. The minimum Gasteiger partial charge on any atom is -0.457 e. The van der Waals surface area contributed by atoms with Gasteiger partial charge in [0.05, 0.1) is 12.7 Å². The predicted octanol–water partition coefficient (Wildman–Crippen LogP) is 2.06. The van der Waals surface area contributed by atoms with Crippen LogP contribution < -0.4 is 0 Å². The summed E-state index contributed by atoms with van der Waals surface area (Å²) in [5, 5.41) is 0. The zero-order valence-electron chi connectivity index (χ0n) is 9.20. The molecular formula is C12H18O3. The molecule has 1 saturated carbocycles. The van der Waals surface area contributed by atoms with Gasteiger partial charge in [0.25, 0.3) is 0 Å². The molecule has 0 spiro atoms. The van der Waals surface area contributed by atoms with Crippen LogP contribution in [0.5, 0.6) is 0 Å². The smallest absolute Gasteiger partial charge is 0.333 e. The lowest BCUT2D eigenvalue weighted by Gasteiger charge is -2.31. The molecule has 0 radical (unpaired) electrons. The maximum Gasteiger partial charge on any atom is 0.333 e. The van der Waals surface area contributed by atoms with Gasteiger partial charge in [-0.25, -0.2) is 4.79 Å². The third-order valence-electron chi connectivity index (χ3n) is 3.27. The molecule has 1 aliphatic heterocycles. The SMILES string of the molecule is C=C(C)C(=O)OC1COC2CCCC2C1. The van der Waals surface area contributed by atoms with Crippen molar-refractivity contribution in [2.45, 2.75) is 44.8 Å². The fourth-order valence-corrected chi connectivity index (χ4v) is 2.46. The van der Waals surface area contributed by atoms with Crippen LogP contribution in [0, 0.1) is 5.92 Å². The first-order valence-electron chi connectivity index (χ1n) is 5.65. The topological polar surface area (TPSA) is 35.5 Å². The third kappa shape index (κ3) is 2.40. The van der Waals surface area contributed by atoms with Crippen LogP contribution in [0.4, 0.5) is 0 Å². The van der Waals surface area contributed by atoms with E-state index in [1.54, 1.807) is 6.92 Å². The van der Waals surface area contributed by atoms with E-state index in [1.807, 2.05) is 0 Å². The quantitative estimate of drug-likeness (QED) is 0.517. The number of ether oxygens (including phenoxy) is 2. The Kier molecular flexibility index (Phi) is 3.10. The highest BCUT2D eigenvalue weighted by molar-refractivity contribution is 5.87. The van der Waals surface area contributed by atoms with E-state index in [1.165, 1.54) is 19.3 Å². The van der Waals surface area contributed by atoms with Crippen LogP contribution in [0.15, 0.2) is 12.2 Å². The third-order valence-corrected chi connectivity index (χ3v) is 3.27. The lowest BCUT2D eigenvalue weighted by molar-refractivity contribution is -0.157. The lowest BCUT2D eigenvalue weighted by atomic mass is 9.95. The lowest BCUT2D eigenvalue weighted by Crippen LogP contribution is -2.37. The summed E-state index contributed by atoms with van der Waals surface area (Å²) in [6, 6.07) is 0. The van der Waals surface area contributed by atoms with Gasteiger partial charge < -0.3 is 9.47 Å². The number of rotatable bonds is 2. The van der Waals surface area contributed by atoms with Crippen LogP contribution in [0.2, 0.25) is 0 Å². The molecule has 0 N–H and O–H groups in total. The van der Waals surface area contributed by atoms with Gasteiger partial charge >= 0.3 is 5.97 Å². The molecule has 3 nitrogen and oxygen atoms in total. The summed E-state index contributed by atoms with van der Waals surface area (Å²) >= 11 is 0. The van der Waals surface area contributed by atoms with E-state index in [4.69, 9.17) is 9.47 Å². The van der Waals surface area contributed by atoms with Crippen LogP contribution >= 0.6 is 0 Å². The number of hydrogen-bond acceptors (Lipinski definition) is 3. The van der Waals surface area contributed by atoms with Crippen molar-refractivity contribution >= 4 is 5.97 Å². The molecule has 84 valence electrons. The molecule has 1 aliphatic carbocycles. The Morgan fingerprint density at radius 2 is 2.27 bits per heavy atom. The Hall–Kier alpha value is -0.830. The van der Waals surface area contributed by atoms with Crippen molar-refractivity contribution in [3.63, 3.8) is 0 Å². The number of carbonyl (C=O) groups excluding carboxylic acids is 1. The van der Waals surface area contributed by atoms with E-state index in [0.29, 0.717) is 24.2 Å². The maximum absolute atomic E-state index is 11.3. The van der Waals surface area contributed by atoms with Gasteiger partial charge in [-0.2, -0.15) is 0 Å². The molecule has 0 aromatic carbocycles. The molecule has 3 atom stereocenters. The largest absolute Gasteiger partial charge is 0.457 e. The summed E-state index contributed by atoms with van der Waals surface area (Å²) in [4.78, 5) is 11.3. The Morgan fingerprint density at radius 3 is 3.00 bits per heavy atom. The van der Waals surface area contributed by atoms with Gasteiger partial charge in [0, 0.05) is 5.57 Å². The first-order valence-corrected chi connectivity index (χ1v) is 5.65. The van der Waals surface area contributed by atoms with Crippen LogP contribution in [0.1, 0.15) is 32.6 Å². The summed E-state index contributed by atoms with van der Waals surface area (Å²) in [6.07, 6.45) is 4.95. The minimum atomic E-state index is -0.292. The molecule has 2 aliphatic rings. The van der Waals surface area contributed by atoms with Crippen molar-refractivity contribution in [1.82, 2.24) is 0 Å². The van der Waals surface area contributed by atoms with Crippen LogP contribution in [-0.2, 0) is 14.3 Å². The molecule has 2 fully saturated rings. The van der Waals surface area contributed by atoms with Crippen molar-refractivity contribution in [3.8, 4) is 0 Å². The van der Waals surface area contributed by atoms with Crippen LogP contribution in [-0.4, -0.2) is 24.8 Å². The molecular weight excluding hydrogens is 192 g/mol. The van der Waals surface area contributed by atoms with Gasteiger partial charge in [0.1, 0.15) is 6.10 Å². The average Bonchev–Trinajstić information content (AvgIpc) is 2.64. The standard InChI is InChI=1S/C12H18O3/c1-8(2)12(13)15-10-6-9-4-3-5-11(9)14-7-10/h9-11H,1,3-7H2,2H3. The van der Waals surface area contributed by atoms with Crippen LogP contribution in [0.3, 0.4) is 0 Å². The molecule has 0 amide bonds. The Balaban J connectivity index is 1.85. The van der Waals surface area contributed by atoms with Gasteiger partial charge in [0.2, 0.25) is 0 Å². The highest BCUT2D eigenvalue weighted by atomic mass is 16.6. The number of fused-ring (bicyclic) bond motifs is 1. The van der Waals surface area contributed by atoms with Crippen LogP contribution in [0.25, 0.3) is 0 Å². The monoisotopic (exact) mass is 210 g/mol. The van der Waals surface area contributed by atoms with Crippen molar-refractivity contribution in [1.29, 1.82) is 0 Å². The molecule has 0 aromatic rings. The zero-order chi connectivity index (χ0) is 10.8. The van der Waals surface area contributed by atoms with E-state index >= 15 is 0 Å². The fourth-order valence-electron chi connectivity index (χ4n) is 2.46. The first-order chi connectivity index (χ1) is 7.16. The summed E-state index contributed by atoms with van der Waals surface area (Å²) < 4.78 is 11.0. The van der Waals surface area contributed by atoms with Crippen molar-refractivity contribution in [2.75, 3.05) is 6.61 Å².